The molecule has 0 radical (unpaired) electrons. The number of nitrogens with zero attached hydrogens (tertiary/aromatic N) is 1. The van der Waals surface area contributed by atoms with Gasteiger partial charge in [0.05, 0.1) is 13.2 Å². The van der Waals surface area contributed by atoms with Gasteiger partial charge in [0, 0.05) is 25.9 Å². The van der Waals surface area contributed by atoms with E-state index in [2.05, 4.69) is 0 Å². The van der Waals surface area contributed by atoms with E-state index in [4.69, 9.17) is 14.2 Å². The molecule has 0 bridgehead atoms. The third kappa shape index (κ3) is 5.13. The Balaban J connectivity index is 1.80. The lowest BCUT2D eigenvalue weighted by Gasteiger charge is -2.34. The lowest BCUT2D eigenvalue weighted by Crippen LogP contribution is -2.46. The Kier molecular flexibility index (Phi) is 6.28. The second-order valence-electron chi connectivity index (χ2n) is 6.15. The number of methoxy groups -OCH3 is 1. The number of likely N-dealkylation sites (tertiary alicyclic amines) is 1. The van der Waals surface area contributed by atoms with E-state index >= 15 is 0 Å². The standard InChI is InChI=1S/C18H27NO4/c1-13(2)22-14(3)18(20)19-11-9-17(10-12-19)23-16-7-5-15(21-4)6-8-16/h5-8,13-14,17H,9-12H2,1-4H3/t14-/m1/s1. The first kappa shape index (κ1) is 17.6. The molecule has 1 atom stereocenters. The molecule has 0 N–H and O–H groups in total. The van der Waals surface area contributed by atoms with E-state index in [1.807, 2.05) is 49.9 Å². The highest BCUT2D eigenvalue weighted by atomic mass is 16.5. The molecule has 1 fully saturated rings. The van der Waals surface area contributed by atoms with Gasteiger partial charge in [-0.3, -0.25) is 4.79 Å². The minimum Gasteiger partial charge on any atom is -0.497 e. The van der Waals surface area contributed by atoms with Crippen LogP contribution in [0.25, 0.3) is 0 Å². The van der Waals surface area contributed by atoms with E-state index in [0.717, 1.165) is 24.3 Å². The van der Waals surface area contributed by atoms with Crippen LogP contribution in [0.4, 0.5) is 0 Å². The van der Waals surface area contributed by atoms with E-state index in [-0.39, 0.29) is 24.2 Å². The fourth-order valence-corrected chi connectivity index (χ4v) is 2.76. The average molecular weight is 321 g/mol. The molecule has 0 aromatic heterocycles. The minimum atomic E-state index is -0.381. The third-order valence-electron chi connectivity index (χ3n) is 3.94. The van der Waals surface area contributed by atoms with E-state index in [9.17, 15) is 4.79 Å². The summed E-state index contributed by atoms with van der Waals surface area (Å²) in [5, 5.41) is 0. The highest BCUT2D eigenvalue weighted by Gasteiger charge is 2.27. The number of carbonyl (C=O) groups excluding carboxylic acids is 1. The van der Waals surface area contributed by atoms with Crippen LogP contribution in [0.1, 0.15) is 33.6 Å². The number of rotatable bonds is 6. The van der Waals surface area contributed by atoms with Gasteiger partial charge in [-0.05, 0) is 45.0 Å². The van der Waals surface area contributed by atoms with Gasteiger partial charge in [-0.25, -0.2) is 0 Å². The summed E-state index contributed by atoms with van der Waals surface area (Å²) in [6.07, 6.45) is 1.51. The fourth-order valence-electron chi connectivity index (χ4n) is 2.76. The molecule has 1 heterocycles. The van der Waals surface area contributed by atoms with Gasteiger partial charge in [0.1, 0.15) is 23.7 Å². The second kappa shape index (κ2) is 8.20. The molecule has 0 unspecified atom stereocenters. The van der Waals surface area contributed by atoms with E-state index < -0.39 is 0 Å². The Bertz CT molecular complexity index is 492. The molecule has 5 heteroatoms. The minimum absolute atomic E-state index is 0.0601. The van der Waals surface area contributed by atoms with E-state index in [1.165, 1.54) is 0 Å². The van der Waals surface area contributed by atoms with Gasteiger partial charge in [-0.1, -0.05) is 0 Å². The van der Waals surface area contributed by atoms with Gasteiger partial charge in [0.25, 0.3) is 5.91 Å². The maximum atomic E-state index is 12.3. The molecule has 1 saturated heterocycles. The number of amides is 1. The maximum absolute atomic E-state index is 12.3. The summed E-state index contributed by atoms with van der Waals surface area (Å²) in [5.74, 6) is 1.73. The Labute approximate surface area is 138 Å². The topological polar surface area (TPSA) is 48.0 Å². The Morgan fingerprint density at radius 3 is 2.17 bits per heavy atom. The van der Waals surface area contributed by atoms with Crippen LogP contribution in [-0.2, 0) is 9.53 Å². The molecule has 5 nitrogen and oxygen atoms in total. The smallest absolute Gasteiger partial charge is 0.251 e. The van der Waals surface area contributed by atoms with Crippen molar-refractivity contribution in [3.63, 3.8) is 0 Å². The van der Waals surface area contributed by atoms with E-state index in [0.29, 0.717) is 13.1 Å². The van der Waals surface area contributed by atoms with Crippen LogP contribution < -0.4 is 9.47 Å². The van der Waals surface area contributed by atoms with Gasteiger partial charge in [-0.2, -0.15) is 0 Å². The molecule has 1 aromatic carbocycles. The zero-order valence-electron chi connectivity index (χ0n) is 14.5. The number of benzene rings is 1. The monoisotopic (exact) mass is 321 g/mol. The van der Waals surface area contributed by atoms with Crippen molar-refractivity contribution in [2.75, 3.05) is 20.2 Å². The van der Waals surface area contributed by atoms with Gasteiger partial charge < -0.3 is 19.1 Å². The predicted octanol–water partition coefficient (Wildman–Crippen LogP) is 2.88. The Morgan fingerprint density at radius 2 is 1.65 bits per heavy atom. The number of ether oxygens (including phenoxy) is 3. The molecule has 23 heavy (non-hydrogen) atoms. The first-order valence-corrected chi connectivity index (χ1v) is 8.24. The molecule has 1 aliphatic heterocycles. The van der Waals surface area contributed by atoms with Crippen LogP contribution in [0.15, 0.2) is 24.3 Å². The van der Waals surface area contributed by atoms with Crippen molar-refractivity contribution in [2.45, 2.75) is 51.9 Å². The summed E-state index contributed by atoms with van der Waals surface area (Å²) in [7, 11) is 1.65. The first-order valence-electron chi connectivity index (χ1n) is 8.24. The highest BCUT2D eigenvalue weighted by molar-refractivity contribution is 5.80. The molecule has 0 spiro atoms. The molecular formula is C18H27NO4. The van der Waals surface area contributed by atoms with Crippen molar-refractivity contribution >= 4 is 5.91 Å². The van der Waals surface area contributed by atoms with Gasteiger partial charge in [-0.15, -0.1) is 0 Å². The fraction of sp³-hybridized carbons (Fsp3) is 0.611. The zero-order chi connectivity index (χ0) is 16.8. The van der Waals surface area contributed by atoms with Crippen LogP contribution >= 0.6 is 0 Å². The summed E-state index contributed by atoms with van der Waals surface area (Å²) in [6.45, 7) is 7.14. The van der Waals surface area contributed by atoms with E-state index in [1.54, 1.807) is 7.11 Å². The number of carbonyl (C=O) groups is 1. The largest absolute Gasteiger partial charge is 0.497 e. The molecule has 1 aliphatic rings. The lowest BCUT2D eigenvalue weighted by atomic mass is 10.1. The lowest BCUT2D eigenvalue weighted by molar-refractivity contribution is -0.146. The molecular weight excluding hydrogens is 294 g/mol. The van der Waals surface area contributed by atoms with Crippen LogP contribution in [-0.4, -0.2) is 49.3 Å². The summed E-state index contributed by atoms with van der Waals surface area (Å²) in [4.78, 5) is 14.2. The van der Waals surface area contributed by atoms with Gasteiger partial charge >= 0.3 is 0 Å². The average Bonchev–Trinajstić information content (AvgIpc) is 2.55. The predicted molar refractivity (Wildman–Crippen MR) is 88.9 cm³/mol. The second-order valence-corrected chi connectivity index (χ2v) is 6.15. The molecule has 1 aromatic rings. The zero-order valence-corrected chi connectivity index (χ0v) is 14.5. The quantitative estimate of drug-likeness (QED) is 0.808. The summed E-state index contributed by atoms with van der Waals surface area (Å²) < 4.78 is 16.7. The van der Waals surface area contributed by atoms with Crippen LogP contribution in [0, 0.1) is 0 Å². The normalized spacial score (nSPS) is 17.2. The molecule has 2 rings (SSSR count). The number of hydrogen-bond acceptors (Lipinski definition) is 4. The highest BCUT2D eigenvalue weighted by Crippen LogP contribution is 2.22. The molecule has 0 aliphatic carbocycles. The van der Waals surface area contributed by atoms with Crippen LogP contribution in [0.3, 0.4) is 0 Å². The summed E-state index contributed by atoms with van der Waals surface area (Å²) >= 11 is 0. The first-order chi connectivity index (χ1) is 11.0. The Hall–Kier alpha value is -1.75. The van der Waals surface area contributed by atoms with Crippen molar-refractivity contribution in [1.29, 1.82) is 0 Å². The molecule has 1 amide bonds. The van der Waals surface area contributed by atoms with Crippen molar-refractivity contribution < 1.29 is 19.0 Å². The SMILES string of the molecule is COc1ccc(OC2CCN(C(=O)[C@@H](C)OC(C)C)CC2)cc1. The third-order valence-corrected chi connectivity index (χ3v) is 3.94. The van der Waals surface area contributed by atoms with Crippen molar-refractivity contribution in [3.05, 3.63) is 24.3 Å². The Morgan fingerprint density at radius 1 is 1.09 bits per heavy atom. The maximum Gasteiger partial charge on any atom is 0.251 e. The van der Waals surface area contributed by atoms with Gasteiger partial charge in [0.15, 0.2) is 0 Å². The van der Waals surface area contributed by atoms with Crippen molar-refractivity contribution in [2.24, 2.45) is 0 Å². The summed E-state index contributed by atoms with van der Waals surface area (Å²) in [5.41, 5.74) is 0. The van der Waals surface area contributed by atoms with Crippen molar-refractivity contribution in [3.8, 4) is 11.5 Å². The molecule has 0 saturated carbocycles. The number of hydrogen-bond donors (Lipinski definition) is 0. The van der Waals surface area contributed by atoms with Gasteiger partial charge in [0.2, 0.25) is 0 Å². The van der Waals surface area contributed by atoms with Crippen LogP contribution in [0.2, 0.25) is 0 Å². The van der Waals surface area contributed by atoms with Crippen molar-refractivity contribution in [1.82, 2.24) is 4.90 Å². The summed E-state index contributed by atoms with van der Waals surface area (Å²) in [6, 6.07) is 7.60. The number of piperidine rings is 1. The van der Waals surface area contributed by atoms with Crippen LogP contribution in [0.5, 0.6) is 11.5 Å². The molecule has 128 valence electrons.